The highest BCUT2D eigenvalue weighted by atomic mass is 79.9. The Morgan fingerprint density at radius 3 is 2.48 bits per heavy atom. The summed E-state index contributed by atoms with van der Waals surface area (Å²) in [5.74, 6) is 0. The number of pyridine rings is 1. The Hall–Kier alpha value is -1.88. The van der Waals surface area contributed by atoms with Gasteiger partial charge in [-0.3, -0.25) is 10.3 Å². The quantitative estimate of drug-likeness (QED) is 0.843. The van der Waals surface area contributed by atoms with Crippen molar-refractivity contribution in [2.75, 3.05) is 5.32 Å². The average Bonchev–Trinajstić information content (AvgIpc) is 2.40. The first-order chi connectivity index (χ1) is 9.87. The lowest BCUT2D eigenvalue weighted by Crippen LogP contribution is -2.27. The van der Waals surface area contributed by atoms with Crippen molar-refractivity contribution in [1.82, 2.24) is 4.98 Å². The Kier molecular flexibility index (Phi) is 4.63. The molecule has 0 bridgehead atoms. The summed E-state index contributed by atoms with van der Waals surface area (Å²) in [5, 5.41) is 2.79. The fourth-order valence-corrected chi connectivity index (χ4v) is 2.24. The summed E-state index contributed by atoms with van der Waals surface area (Å²) < 4.78 is 6.00. The number of hydrogen-bond donors (Lipinski definition) is 1. The summed E-state index contributed by atoms with van der Waals surface area (Å²) in [6.07, 6.45) is 2.86. The van der Waals surface area contributed by atoms with Crippen molar-refractivity contribution >= 4 is 27.7 Å². The van der Waals surface area contributed by atoms with Gasteiger partial charge >= 0.3 is 6.09 Å². The van der Waals surface area contributed by atoms with Gasteiger partial charge in [0.25, 0.3) is 0 Å². The maximum absolute atomic E-state index is 12.0. The normalized spacial score (nSPS) is 11.0. The zero-order chi connectivity index (χ0) is 15.5. The molecule has 1 amide bonds. The minimum absolute atomic E-state index is 0.494. The predicted octanol–water partition coefficient (Wildman–Crippen LogP) is 4.86. The van der Waals surface area contributed by atoms with E-state index in [1.165, 1.54) is 0 Å². The molecule has 1 aromatic heterocycles. The van der Waals surface area contributed by atoms with Crippen molar-refractivity contribution in [2.45, 2.75) is 26.4 Å². The Morgan fingerprint density at radius 1 is 1.19 bits per heavy atom. The maximum Gasteiger partial charge on any atom is 0.412 e. The van der Waals surface area contributed by atoms with Crippen LogP contribution in [0.5, 0.6) is 0 Å². The Labute approximate surface area is 132 Å². The first-order valence-corrected chi connectivity index (χ1v) is 7.35. The van der Waals surface area contributed by atoms with Crippen molar-refractivity contribution < 1.29 is 9.53 Å². The molecule has 0 unspecified atom stereocenters. The number of aromatic nitrogens is 1. The Morgan fingerprint density at radius 2 is 1.86 bits per heavy atom. The van der Waals surface area contributed by atoms with E-state index in [4.69, 9.17) is 4.74 Å². The standard InChI is InChI=1S/C16H17BrN2O2/c1-16(2,3)21-15(20)19-14-12(9-18-10-13(14)17)11-7-5-4-6-8-11/h4-10H,1-3H3,(H,18,19,20). The van der Waals surface area contributed by atoms with Gasteiger partial charge in [-0.1, -0.05) is 30.3 Å². The summed E-state index contributed by atoms with van der Waals surface area (Å²) >= 11 is 3.42. The van der Waals surface area contributed by atoms with Gasteiger partial charge in [-0.15, -0.1) is 0 Å². The highest BCUT2D eigenvalue weighted by Gasteiger charge is 2.19. The molecule has 110 valence electrons. The van der Waals surface area contributed by atoms with Gasteiger partial charge in [-0.25, -0.2) is 4.79 Å². The van der Waals surface area contributed by atoms with Crippen molar-refractivity contribution in [1.29, 1.82) is 0 Å². The number of hydrogen-bond acceptors (Lipinski definition) is 3. The van der Waals surface area contributed by atoms with Gasteiger partial charge in [-0.2, -0.15) is 0 Å². The lowest BCUT2D eigenvalue weighted by Gasteiger charge is -2.21. The number of ether oxygens (including phenoxy) is 1. The van der Waals surface area contributed by atoms with Crippen LogP contribution in [0.1, 0.15) is 20.8 Å². The van der Waals surface area contributed by atoms with E-state index in [-0.39, 0.29) is 0 Å². The molecule has 2 rings (SSSR count). The molecule has 1 heterocycles. The first kappa shape index (κ1) is 15.5. The number of amides is 1. The number of anilines is 1. The van der Waals surface area contributed by atoms with E-state index in [2.05, 4.69) is 26.2 Å². The monoisotopic (exact) mass is 348 g/mol. The van der Waals surface area contributed by atoms with E-state index in [9.17, 15) is 4.79 Å². The number of benzene rings is 1. The molecule has 0 aliphatic carbocycles. The lowest BCUT2D eigenvalue weighted by molar-refractivity contribution is 0.0636. The Bertz CT molecular complexity index is 636. The summed E-state index contributed by atoms with van der Waals surface area (Å²) in [7, 11) is 0. The highest BCUT2D eigenvalue weighted by Crippen LogP contribution is 2.33. The fourth-order valence-electron chi connectivity index (χ4n) is 1.80. The van der Waals surface area contributed by atoms with Gasteiger partial charge in [0.15, 0.2) is 0 Å². The zero-order valence-corrected chi connectivity index (χ0v) is 13.8. The zero-order valence-electron chi connectivity index (χ0n) is 12.2. The van der Waals surface area contributed by atoms with Gasteiger partial charge in [-0.05, 0) is 42.3 Å². The third kappa shape index (κ3) is 4.29. The van der Waals surface area contributed by atoms with E-state index in [1.54, 1.807) is 12.4 Å². The summed E-state index contributed by atoms with van der Waals surface area (Å²) in [5.41, 5.74) is 1.90. The third-order valence-corrected chi connectivity index (χ3v) is 3.21. The van der Waals surface area contributed by atoms with Crippen molar-refractivity contribution in [3.8, 4) is 11.1 Å². The first-order valence-electron chi connectivity index (χ1n) is 6.56. The number of nitrogens with zero attached hydrogens (tertiary/aromatic N) is 1. The number of rotatable bonds is 2. The molecule has 5 heteroatoms. The fraction of sp³-hybridized carbons (Fsp3) is 0.250. The van der Waals surface area contributed by atoms with Crippen LogP contribution in [-0.4, -0.2) is 16.7 Å². The van der Waals surface area contributed by atoms with E-state index in [0.29, 0.717) is 10.2 Å². The van der Waals surface area contributed by atoms with Gasteiger partial charge < -0.3 is 4.74 Å². The molecule has 0 saturated carbocycles. The summed E-state index contributed by atoms with van der Waals surface area (Å²) in [4.78, 5) is 16.2. The van der Waals surface area contributed by atoms with Crippen LogP contribution in [-0.2, 0) is 4.74 Å². The SMILES string of the molecule is CC(C)(C)OC(=O)Nc1c(Br)cncc1-c1ccccc1. The predicted molar refractivity (Wildman–Crippen MR) is 87.2 cm³/mol. The molecule has 0 spiro atoms. The van der Waals surface area contributed by atoms with Crippen LogP contribution >= 0.6 is 15.9 Å². The van der Waals surface area contributed by atoms with Crippen LogP contribution in [0.4, 0.5) is 10.5 Å². The molecule has 0 fully saturated rings. The maximum atomic E-state index is 12.0. The van der Waals surface area contributed by atoms with Crippen molar-refractivity contribution in [3.05, 3.63) is 47.2 Å². The Balaban J connectivity index is 2.33. The number of nitrogens with one attached hydrogen (secondary N) is 1. The number of halogens is 1. The minimum atomic E-state index is -0.545. The van der Waals surface area contributed by atoms with Crippen LogP contribution in [0, 0.1) is 0 Å². The van der Waals surface area contributed by atoms with Crippen molar-refractivity contribution in [2.24, 2.45) is 0 Å². The highest BCUT2D eigenvalue weighted by molar-refractivity contribution is 9.10. The van der Waals surface area contributed by atoms with Gasteiger partial charge in [0.05, 0.1) is 10.2 Å². The van der Waals surface area contributed by atoms with Crippen LogP contribution < -0.4 is 5.32 Å². The topological polar surface area (TPSA) is 51.2 Å². The summed E-state index contributed by atoms with van der Waals surface area (Å²) in [6, 6.07) is 9.74. The second-order valence-corrected chi connectivity index (χ2v) is 6.39. The third-order valence-electron chi connectivity index (χ3n) is 2.61. The molecule has 1 aromatic carbocycles. The van der Waals surface area contributed by atoms with Gasteiger partial charge in [0.1, 0.15) is 5.60 Å². The molecule has 0 saturated heterocycles. The van der Waals surface area contributed by atoms with Crippen LogP contribution in [0.3, 0.4) is 0 Å². The largest absolute Gasteiger partial charge is 0.444 e. The van der Waals surface area contributed by atoms with E-state index in [1.807, 2.05) is 51.1 Å². The molecular formula is C16H17BrN2O2. The average molecular weight is 349 g/mol. The van der Waals surface area contributed by atoms with Crippen molar-refractivity contribution in [3.63, 3.8) is 0 Å². The lowest BCUT2D eigenvalue weighted by atomic mass is 10.1. The number of carbonyl (C=O) groups excluding carboxylic acids is 1. The molecule has 4 nitrogen and oxygen atoms in total. The number of carbonyl (C=O) groups is 1. The van der Waals surface area contributed by atoms with Crippen LogP contribution in [0.15, 0.2) is 47.2 Å². The smallest absolute Gasteiger partial charge is 0.412 e. The van der Waals surface area contributed by atoms with Gasteiger partial charge in [0, 0.05) is 18.0 Å². The minimum Gasteiger partial charge on any atom is -0.444 e. The molecule has 0 aliphatic rings. The molecule has 1 N–H and O–H groups in total. The van der Waals surface area contributed by atoms with Crippen LogP contribution in [0.25, 0.3) is 11.1 Å². The molecule has 21 heavy (non-hydrogen) atoms. The second kappa shape index (κ2) is 6.26. The van der Waals surface area contributed by atoms with Gasteiger partial charge in [0.2, 0.25) is 0 Å². The van der Waals surface area contributed by atoms with Crippen LogP contribution in [0.2, 0.25) is 0 Å². The second-order valence-electron chi connectivity index (χ2n) is 5.54. The van der Waals surface area contributed by atoms with E-state index in [0.717, 1.165) is 11.1 Å². The molecule has 0 atom stereocenters. The van der Waals surface area contributed by atoms with E-state index < -0.39 is 11.7 Å². The molecule has 0 aliphatic heterocycles. The molecule has 2 aromatic rings. The molecular weight excluding hydrogens is 332 g/mol. The summed E-state index contributed by atoms with van der Waals surface area (Å²) in [6.45, 7) is 5.48. The van der Waals surface area contributed by atoms with E-state index >= 15 is 0 Å². The molecule has 0 radical (unpaired) electrons.